The van der Waals surface area contributed by atoms with Gasteiger partial charge in [-0.1, -0.05) is 82.9 Å². The van der Waals surface area contributed by atoms with Crippen LogP contribution in [0.25, 0.3) is 0 Å². The van der Waals surface area contributed by atoms with Gasteiger partial charge in [-0.15, -0.1) is 0 Å². The van der Waals surface area contributed by atoms with Crippen LogP contribution in [0.1, 0.15) is 87.1 Å². The monoisotopic (exact) mass is 608 g/mol. The van der Waals surface area contributed by atoms with Gasteiger partial charge in [0.2, 0.25) is 0 Å². The topological polar surface area (TPSA) is 26.3 Å². The van der Waals surface area contributed by atoms with Gasteiger partial charge in [-0.05, 0) is 12.5 Å². The highest BCUT2D eigenvalue weighted by atomic mass is 19.4. The van der Waals surface area contributed by atoms with Gasteiger partial charge in [-0.3, -0.25) is 0 Å². The predicted molar refractivity (Wildman–Crippen MR) is 118 cm³/mol. The number of carbonyl (C=O) groups is 1. The molecule has 1 aromatic rings. The number of alkyl halides is 13. The summed E-state index contributed by atoms with van der Waals surface area (Å²) in [6.45, 7) is 1.66. The summed E-state index contributed by atoms with van der Waals surface area (Å²) in [5, 5.41) is 0. The van der Waals surface area contributed by atoms with Crippen LogP contribution in [-0.4, -0.2) is 42.4 Å². The first-order valence-corrected chi connectivity index (χ1v) is 12.4. The predicted octanol–water partition coefficient (Wildman–Crippen LogP) is 9.96. The molecule has 2 nitrogen and oxygen atoms in total. The molecule has 15 heteroatoms. The first-order chi connectivity index (χ1) is 18.2. The summed E-state index contributed by atoms with van der Waals surface area (Å²) in [5.74, 6) is -39.6. The van der Waals surface area contributed by atoms with E-state index in [0.29, 0.717) is 18.6 Å². The Morgan fingerprint density at radius 1 is 0.600 bits per heavy atom. The quantitative estimate of drug-likeness (QED) is 0.100. The molecule has 0 atom stereocenters. The Balaban J connectivity index is 2.99. The zero-order chi connectivity index (χ0) is 31.0. The van der Waals surface area contributed by atoms with E-state index < -0.39 is 59.5 Å². The Kier molecular flexibility index (Phi) is 12.2. The van der Waals surface area contributed by atoms with Crippen molar-refractivity contribution in [3.63, 3.8) is 0 Å². The van der Waals surface area contributed by atoms with Gasteiger partial charge in [0, 0.05) is 5.56 Å². The van der Waals surface area contributed by atoms with Crippen LogP contribution in [0.2, 0.25) is 0 Å². The molecule has 0 aliphatic heterocycles. The summed E-state index contributed by atoms with van der Waals surface area (Å²) in [5.41, 5.74) is -3.83. The zero-order valence-electron chi connectivity index (χ0n) is 21.3. The van der Waals surface area contributed by atoms with E-state index in [1.807, 2.05) is 0 Å². The summed E-state index contributed by atoms with van der Waals surface area (Å²) in [4.78, 5) is 12.2. The van der Waals surface area contributed by atoms with Crippen LogP contribution in [0.3, 0.4) is 0 Å². The largest absolute Gasteiger partial charge is 0.462 e. The van der Waals surface area contributed by atoms with E-state index in [4.69, 9.17) is 0 Å². The van der Waals surface area contributed by atoms with Gasteiger partial charge in [0.25, 0.3) is 0 Å². The van der Waals surface area contributed by atoms with Crippen LogP contribution >= 0.6 is 0 Å². The van der Waals surface area contributed by atoms with Crippen LogP contribution in [0, 0.1) is 0 Å². The number of rotatable bonds is 17. The average Bonchev–Trinajstić information content (AvgIpc) is 2.86. The van der Waals surface area contributed by atoms with E-state index in [1.165, 1.54) is 0 Å². The van der Waals surface area contributed by atoms with Crippen LogP contribution in [0.5, 0.6) is 0 Å². The van der Waals surface area contributed by atoms with E-state index in [9.17, 15) is 61.9 Å². The van der Waals surface area contributed by atoms with Gasteiger partial charge in [0.15, 0.2) is 0 Å². The maximum atomic E-state index is 14.6. The molecule has 0 heterocycles. The summed E-state index contributed by atoms with van der Waals surface area (Å²) >= 11 is 0. The van der Waals surface area contributed by atoms with Gasteiger partial charge in [-0.2, -0.15) is 57.1 Å². The number of carbonyl (C=O) groups excluding carboxylic acids is 1. The molecule has 0 unspecified atom stereocenters. The molecule has 0 bridgehead atoms. The SMILES string of the molecule is CCCCCCCCCCCCOC(=O)c1ccccc1C(F)(F)C(F)(F)C(F)(F)C(F)(F)C(F)(F)C(F)(F)F. The molecule has 1 aromatic carbocycles. The van der Waals surface area contributed by atoms with Gasteiger partial charge in [0.05, 0.1) is 12.2 Å². The number of benzene rings is 1. The van der Waals surface area contributed by atoms with Crippen molar-refractivity contribution >= 4 is 5.97 Å². The third kappa shape index (κ3) is 7.34. The molecule has 0 saturated heterocycles. The summed E-state index contributed by atoms with van der Waals surface area (Å²) in [7, 11) is 0. The molecule has 0 aliphatic rings. The minimum absolute atomic E-state index is 0.0683. The Hall–Kier alpha value is -2.22. The number of unbranched alkanes of at least 4 members (excludes halogenated alkanes) is 9. The molecule has 0 fully saturated rings. The zero-order valence-corrected chi connectivity index (χ0v) is 21.3. The summed E-state index contributed by atoms with van der Waals surface area (Å²) < 4.78 is 180. The average molecular weight is 608 g/mol. The number of hydrogen-bond donors (Lipinski definition) is 0. The lowest BCUT2D eigenvalue weighted by Gasteiger charge is -2.40. The highest BCUT2D eigenvalue weighted by Crippen LogP contribution is 2.62. The third-order valence-corrected chi connectivity index (χ3v) is 6.15. The van der Waals surface area contributed by atoms with Crippen LogP contribution in [-0.2, 0) is 10.7 Å². The van der Waals surface area contributed by atoms with Crippen LogP contribution < -0.4 is 0 Å². The second-order valence-electron chi connectivity index (χ2n) is 9.23. The Labute approximate surface area is 222 Å². The fourth-order valence-corrected chi connectivity index (χ4v) is 3.71. The molecule has 0 spiro atoms. The highest BCUT2D eigenvalue weighted by molar-refractivity contribution is 5.91. The van der Waals surface area contributed by atoms with Crippen LogP contribution in [0.4, 0.5) is 57.1 Å². The maximum Gasteiger partial charge on any atom is 0.460 e. The van der Waals surface area contributed by atoms with Gasteiger partial charge >= 0.3 is 41.8 Å². The molecule has 1 rings (SSSR count). The third-order valence-electron chi connectivity index (χ3n) is 6.15. The Bertz CT molecular complexity index is 943. The smallest absolute Gasteiger partial charge is 0.460 e. The number of esters is 1. The molecule has 0 saturated carbocycles. The molecular weight excluding hydrogens is 579 g/mol. The molecule has 40 heavy (non-hydrogen) atoms. The van der Waals surface area contributed by atoms with Crippen molar-refractivity contribution in [2.75, 3.05) is 6.61 Å². The molecule has 0 aromatic heterocycles. The number of hydrogen-bond acceptors (Lipinski definition) is 2. The van der Waals surface area contributed by atoms with Gasteiger partial charge < -0.3 is 4.74 Å². The van der Waals surface area contributed by atoms with E-state index in [-0.39, 0.29) is 12.5 Å². The fraction of sp³-hybridized carbons (Fsp3) is 0.720. The van der Waals surface area contributed by atoms with Crippen LogP contribution in [0.15, 0.2) is 24.3 Å². The molecule has 232 valence electrons. The first-order valence-electron chi connectivity index (χ1n) is 12.4. The van der Waals surface area contributed by atoms with E-state index in [2.05, 4.69) is 11.7 Å². The molecular formula is C25H29F13O2. The van der Waals surface area contributed by atoms with Gasteiger partial charge in [0.1, 0.15) is 0 Å². The summed E-state index contributed by atoms with van der Waals surface area (Å²) in [6, 6.07) is 1.61. The molecule has 0 amide bonds. The lowest BCUT2D eigenvalue weighted by Crippen LogP contribution is -2.69. The van der Waals surface area contributed by atoms with Gasteiger partial charge in [-0.25, -0.2) is 4.79 Å². The summed E-state index contributed by atoms with van der Waals surface area (Å²) in [6.07, 6.45) is 1.24. The second-order valence-corrected chi connectivity index (χ2v) is 9.23. The van der Waals surface area contributed by atoms with Crippen molar-refractivity contribution in [1.82, 2.24) is 0 Å². The van der Waals surface area contributed by atoms with Crippen molar-refractivity contribution in [3.05, 3.63) is 35.4 Å². The standard InChI is InChI=1S/C25H29F13O2/c1-2-3-4-5-6-7-8-9-10-13-16-40-19(39)17-14-11-12-15-18(17)20(26,27)21(28,29)22(30,31)23(32,33)24(34,35)25(36,37)38/h11-12,14-15H,2-10,13,16H2,1H3. The Morgan fingerprint density at radius 3 is 1.50 bits per heavy atom. The van der Waals surface area contributed by atoms with Crippen molar-refractivity contribution < 1.29 is 66.6 Å². The van der Waals surface area contributed by atoms with Crippen molar-refractivity contribution in [2.24, 2.45) is 0 Å². The lowest BCUT2D eigenvalue weighted by molar-refractivity contribution is -0.441. The van der Waals surface area contributed by atoms with Crippen molar-refractivity contribution in [3.8, 4) is 0 Å². The molecule has 0 radical (unpaired) electrons. The lowest BCUT2D eigenvalue weighted by atomic mass is 9.88. The minimum Gasteiger partial charge on any atom is -0.462 e. The molecule has 0 N–H and O–H groups in total. The second kappa shape index (κ2) is 13.6. The minimum atomic E-state index is -8.02. The van der Waals surface area contributed by atoms with E-state index in [1.54, 1.807) is 0 Å². The highest BCUT2D eigenvalue weighted by Gasteiger charge is 2.91. The van der Waals surface area contributed by atoms with Crippen molar-refractivity contribution in [1.29, 1.82) is 0 Å². The van der Waals surface area contributed by atoms with Crippen molar-refractivity contribution in [2.45, 2.75) is 107 Å². The molecule has 0 aliphatic carbocycles. The Morgan fingerprint density at radius 2 is 1.02 bits per heavy atom. The number of halogens is 13. The normalized spacial score (nSPS) is 13.9. The van der Waals surface area contributed by atoms with E-state index >= 15 is 0 Å². The fourth-order valence-electron chi connectivity index (χ4n) is 3.71. The number of ether oxygens (including phenoxy) is 1. The first kappa shape index (κ1) is 35.8. The van der Waals surface area contributed by atoms with E-state index in [0.717, 1.165) is 57.4 Å². The maximum absolute atomic E-state index is 14.6.